The number of hydrogen-bond donors (Lipinski definition) is 2. The van der Waals surface area contributed by atoms with Crippen molar-refractivity contribution in [3.05, 3.63) is 71.9 Å². The summed E-state index contributed by atoms with van der Waals surface area (Å²) in [6.45, 7) is 7.12. The summed E-state index contributed by atoms with van der Waals surface area (Å²) in [6.07, 6.45) is 3.26. The minimum atomic E-state index is -0.641. The molecule has 10 nitrogen and oxygen atoms in total. The van der Waals surface area contributed by atoms with Crippen LogP contribution < -0.4 is 20.3 Å². The van der Waals surface area contributed by atoms with Crippen LogP contribution in [-0.2, 0) is 14.3 Å². The molecule has 0 aliphatic carbocycles. The molecule has 3 aliphatic rings. The number of aromatic nitrogens is 1. The van der Waals surface area contributed by atoms with Crippen molar-refractivity contribution in [1.82, 2.24) is 20.5 Å². The number of aryl methyl sites for hydroxylation is 1. The van der Waals surface area contributed by atoms with Gasteiger partial charge in [-0.25, -0.2) is 9.78 Å². The first kappa shape index (κ1) is 30.0. The average molecular weight is 616 g/mol. The highest BCUT2D eigenvalue weighted by molar-refractivity contribution is 8.01. The summed E-state index contributed by atoms with van der Waals surface area (Å²) >= 11 is 1.36. The summed E-state index contributed by atoms with van der Waals surface area (Å²) < 4.78 is 11.2. The Bertz CT molecular complexity index is 1580. The van der Waals surface area contributed by atoms with Gasteiger partial charge in [-0.15, -0.1) is 0 Å². The molecule has 1 aromatic heterocycles. The zero-order valence-electron chi connectivity index (χ0n) is 25.3. The second-order valence-corrected chi connectivity index (χ2v) is 13.3. The topological polar surface area (TPSA) is 113 Å². The Morgan fingerprint density at radius 1 is 1.11 bits per heavy atom. The molecule has 44 heavy (non-hydrogen) atoms. The van der Waals surface area contributed by atoms with E-state index >= 15 is 0 Å². The van der Waals surface area contributed by atoms with Crippen LogP contribution in [0.5, 0.6) is 11.5 Å². The first-order valence-electron chi connectivity index (χ1n) is 14.8. The third kappa shape index (κ3) is 5.73. The van der Waals surface area contributed by atoms with Crippen LogP contribution in [0.3, 0.4) is 0 Å². The number of piperidine rings is 1. The molecule has 3 aliphatic heterocycles. The standard InChI is InChI=1S/C33H37N5O5S/c1-20-17-23(43-22-10-6-5-7-11-22)12-13-24(20)38-25-14-15-34-30-26(25)27(36-32(38)41)28(44-30)29(39)35-21-9-8-16-37(18-21)31(40)33(2,3)19-42-4/h5-7,10-15,17,21,27-28H,8-9,16,18-19H2,1-4H3,(H,35,39)(H,36,41)/t21?,27?,28-/m1/s1. The maximum absolute atomic E-state index is 13.7. The number of carbonyl (C=O) groups excluding carboxylic acids is 3. The van der Waals surface area contributed by atoms with E-state index in [0.29, 0.717) is 31.1 Å². The number of pyridine rings is 1. The SMILES string of the molecule is COCC(C)(C)C(=O)N1CCCC(NC(=O)[C@@H]2Sc3nccc4c3C2NC(=O)N4c2ccc(Oc3ccccc3)cc2C)C1. The normalized spacial score (nSPS) is 21.0. The van der Waals surface area contributed by atoms with Gasteiger partial charge in [-0.05, 0) is 75.6 Å². The second-order valence-electron chi connectivity index (χ2n) is 12.1. The number of amides is 4. The minimum absolute atomic E-state index is 0.0179. The average Bonchev–Trinajstić information content (AvgIpc) is 3.38. The molecular weight excluding hydrogens is 578 g/mol. The summed E-state index contributed by atoms with van der Waals surface area (Å²) in [5, 5.41) is 6.41. The molecule has 230 valence electrons. The van der Waals surface area contributed by atoms with E-state index in [0.717, 1.165) is 40.4 Å². The molecule has 2 N–H and O–H groups in total. The fourth-order valence-electron chi connectivity index (χ4n) is 6.24. The van der Waals surface area contributed by atoms with Crippen LogP contribution in [0, 0.1) is 12.3 Å². The fourth-order valence-corrected chi connectivity index (χ4v) is 7.48. The van der Waals surface area contributed by atoms with Crippen LogP contribution in [0.2, 0.25) is 0 Å². The van der Waals surface area contributed by atoms with Crippen molar-refractivity contribution in [3.8, 4) is 11.5 Å². The van der Waals surface area contributed by atoms with Crippen molar-refractivity contribution >= 4 is 41.0 Å². The zero-order chi connectivity index (χ0) is 31.0. The van der Waals surface area contributed by atoms with Crippen LogP contribution >= 0.6 is 11.8 Å². The number of methoxy groups -OCH3 is 1. The van der Waals surface area contributed by atoms with E-state index in [1.54, 1.807) is 18.2 Å². The smallest absolute Gasteiger partial charge is 0.327 e. The van der Waals surface area contributed by atoms with Crippen LogP contribution in [-0.4, -0.2) is 65.8 Å². The summed E-state index contributed by atoms with van der Waals surface area (Å²) in [6, 6.07) is 16.0. The van der Waals surface area contributed by atoms with Crippen LogP contribution in [0.1, 0.15) is 43.9 Å². The van der Waals surface area contributed by atoms with Crippen molar-refractivity contribution in [1.29, 1.82) is 0 Å². The van der Waals surface area contributed by atoms with Gasteiger partial charge in [0.05, 0.1) is 29.4 Å². The third-order valence-electron chi connectivity index (χ3n) is 8.29. The van der Waals surface area contributed by atoms with E-state index in [1.807, 2.05) is 80.3 Å². The molecule has 4 amide bonds. The Kier molecular flexibility index (Phi) is 8.26. The molecule has 1 fully saturated rings. The van der Waals surface area contributed by atoms with Crippen molar-refractivity contribution in [2.75, 3.05) is 31.7 Å². The fraction of sp³-hybridized carbons (Fsp3) is 0.394. The Labute approximate surface area is 261 Å². The Morgan fingerprint density at radius 2 is 1.91 bits per heavy atom. The molecule has 0 bridgehead atoms. The van der Waals surface area contributed by atoms with Crippen LogP contribution in [0.4, 0.5) is 16.2 Å². The molecule has 0 radical (unpaired) electrons. The number of urea groups is 1. The second kappa shape index (κ2) is 12.1. The predicted octanol–water partition coefficient (Wildman–Crippen LogP) is 5.34. The maximum atomic E-state index is 13.7. The van der Waals surface area contributed by atoms with Gasteiger partial charge in [0.1, 0.15) is 21.8 Å². The molecule has 6 rings (SSSR count). The van der Waals surface area contributed by atoms with E-state index < -0.39 is 16.7 Å². The highest BCUT2D eigenvalue weighted by Crippen LogP contribution is 2.51. The molecule has 11 heteroatoms. The largest absolute Gasteiger partial charge is 0.457 e. The van der Waals surface area contributed by atoms with Gasteiger partial charge < -0.3 is 25.0 Å². The van der Waals surface area contributed by atoms with Crippen LogP contribution in [0.15, 0.2) is 65.8 Å². The molecular formula is C33H37N5O5S. The number of para-hydroxylation sites is 1. The summed E-state index contributed by atoms with van der Waals surface area (Å²) in [4.78, 5) is 48.6. The number of benzene rings is 2. The van der Waals surface area contributed by atoms with Crippen molar-refractivity contribution in [2.24, 2.45) is 5.41 Å². The molecule has 2 aromatic carbocycles. The van der Waals surface area contributed by atoms with E-state index in [4.69, 9.17) is 9.47 Å². The van der Waals surface area contributed by atoms with Crippen molar-refractivity contribution in [2.45, 2.75) is 56.0 Å². The zero-order valence-corrected chi connectivity index (χ0v) is 26.1. The minimum Gasteiger partial charge on any atom is -0.457 e. The van der Waals surface area contributed by atoms with Gasteiger partial charge in [0, 0.05) is 38.0 Å². The number of nitrogens with one attached hydrogen (secondary N) is 2. The number of likely N-dealkylation sites (tertiary alicyclic amines) is 1. The number of thioether (sulfide) groups is 1. The Morgan fingerprint density at radius 3 is 2.66 bits per heavy atom. The molecule has 3 aromatic rings. The quantitative estimate of drug-likeness (QED) is 0.352. The molecule has 4 heterocycles. The predicted molar refractivity (Wildman–Crippen MR) is 168 cm³/mol. The van der Waals surface area contributed by atoms with Gasteiger partial charge in [-0.3, -0.25) is 14.5 Å². The maximum Gasteiger partial charge on any atom is 0.327 e. The lowest BCUT2D eigenvalue weighted by Gasteiger charge is -2.38. The number of carbonyl (C=O) groups is 3. The van der Waals surface area contributed by atoms with Crippen molar-refractivity contribution < 1.29 is 23.9 Å². The molecule has 0 spiro atoms. The molecule has 1 saturated heterocycles. The van der Waals surface area contributed by atoms with E-state index in [2.05, 4.69) is 15.6 Å². The van der Waals surface area contributed by atoms with Gasteiger partial charge >= 0.3 is 6.03 Å². The van der Waals surface area contributed by atoms with Gasteiger partial charge in [0.15, 0.2) is 0 Å². The first-order chi connectivity index (χ1) is 21.2. The number of ether oxygens (including phenoxy) is 2. The van der Waals surface area contributed by atoms with Crippen LogP contribution in [0.25, 0.3) is 0 Å². The summed E-state index contributed by atoms with van der Waals surface area (Å²) in [5.41, 5.74) is 2.49. The molecule has 0 saturated carbocycles. The van der Waals surface area contributed by atoms with Gasteiger partial charge in [0.25, 0.3) is 0 Å². The van der Waals surface area contributed by atoms with Crippen molar-refractivity contribution in [3.63, 3.8) is 0 Å². The monoisotopic (exact) mass is 615 g/mol. The third-order valence-corrected chi connectivity index (χ3v) is 9.58. The highest BCUT2D eigenvalue weighted by Gasteiger charge is 2.47. The molecule has 2 unspecified atom stereocenters. The number of hydrogen-bond acceptors (Lipinski definition) is 7. The lowest BCUT2D eigenvalue weighted by Crippen LogP contribution is -2.55. The lowest BCUT2D eigenvalue weighted by molar-refractivity contribution is -0.145. The Hall–Kier alpha value is -4.09. The first-order valence-corrected chi connectivity index (χ1v) is 15.7. The van der Waals surface area contributed by atoms with E-state index in [1.165, 1.54) is 11.8 Å². The number of rotatable bonds is 8. The highest BCUT2D eigenvalue weighted by atomic mass is 32.2. The Balaban J connectivity index is 1.18. The van der Waals surface area contributed by atoms with Gasteiger partial charge in [0.2, 0.25) is 11.8 Å². The van der Waals surface area contributed by atoms with Gasteiger partial charge in [-0.1, -0.05) is 30.0 Å². The number of nitrogens with zero attached hydrogens (tertiary/aromatic N) is 3. The summed E-state index contributed by atoms with van der Waals surface area (Å²) in [5.74, 6) is 1.25. The number of anilines is 2. The lowest BCUT2D eigenvalue weighted by atomic mass is 9.91. The van der Waals surface area contributed by atoms with Gasteiger partial charge in [-0.2, -0.15) is 0 Å². The molecule has 3 atom stereocenters. The summed E-state index contributed by atoms with van der Waals surface area (Å²) in [7, 11) is 1.59. The van der Waals surface area contributed by atoms with E-state index in [-0.39, 0.29) is 23.9 Å². The van der Waals surface area contributed by atoms with E-state index in [9.17, 15) is 14.4 Å².